The minimum Gasteiger partial charge on any atom is -0.480 e. The number of anilines is 1. The Morgan fingerprint density at radius 1 is 1.37 bits per heavy atom. The van der Waals surface area contributed by atoms with Crippen molar-refractivity contribution in [1.29, 1.82) is 0 Å². The number of aromatic amines is 1. The number of carboxylic acid groups (broad SMARTS) is 1. The summed E-state index contributed by atoms with van der Waals surface area (Å²) >= 11 is 0. The molecular weight excluding hydrogens is 244 g/mol. The second-order valence-corrected chi connectivity index (χ2v) is 4.53. The molecule has 1 aromatic heterocycles. The van der Waals surface area contributed by atoms with E-state index in [-0.39, 0.29) is 6.54 Å². The molecule has 6 nitrogen and oxygen atoms in total. The number of hydrogen-bond acceptors (Lipinski definition) is 4. The van der Waals surface area contributed by atoms with Crippen LogP contribution in [0.4, 0.5) is 5.95 Å². The van der Waals surface area contributed by atoms with Gasteiger partial charge in [0.25, 0.3) is 0 Å². The number of rotatable bonds is 4. The Bertz CT molecular complexity index is 606. The Morgan fingerprint density at radius 2 is 2.11 bits per heavy atom. The normalized spacial score (nSPS) is 10.5. The predicted octanol–water partition coefficient (Wildman–Crippen LogP) is 1.61. The molecule has 0 bridgehead atoms. The van der Waals surface area contributed by atoms with Crippen LogP contribution < -0.4 is 4.90 Å². The maximum Gasteiger partial charge on any atom is 0.323 e. The zero-order valence-corrected chi connectivity index (χ0v) is 11.1. The van der Waals surface area contributed by atoms with Crippen molar-refractivity contribution in [2.24, 2.45) is 0 Å². The van der Waals surface area contributed by atoms with Crippen molar-refractivity contribution in [3.05, 3.63) is 29.3 Å². The maximum atomic E-state index is 10.6. The summed E-state index contributed by atoms with van der Waals surface area (Å²) in [5.74, 6) is 0.0889. The van der Waals surface area contributed by atoms with Crippen molar-refractivity contribution in [1.82, 2.24) is 15.2 Å². The maximum absolute atomic E-state index is 10.6. The molecule has 0 saturated carbocycles. The van der Waals surface area contributed by atoms with Crippen LogP contribution in [0.1, 0.15) is 11.1 Å². The second kappa shape index (κ2) is 5.09. The fraction of sp³-hybridized carbons (Fsp3) is 0.308. The van der Waals surface area contributed by atoms with Gasteiger partial charge in [-0.15, -0.1) is 5.10 Å². The van der Waals surface area contributed by atoms with E-state index >= 15 is 0 Å². The van der Waals surface area contributed by atoms with Crippen LogP contribution in [0, 0.1) is 13.8 Å². The molecular formula is C13H16N4O2. The fourth-order valence-electron chi connectivity index (χ4n) is 1.72. The Morgan fingerprint density at radius 3 is 2.74 bits per heavy atom. The number of benzene rings is 1. The summed E-state index contributed by atoms with van der Waals surface area (Å²) in [5.41, 5.74) is 3.33. The van der Waals surface area contributed by atoms with Crippen molar-refractivity contribution in [3.8, 4) is 11.4 Å². The third-order valence-corrected chi connectivity index (χ3v) is 2.97. The number of nitrogens with zero attached hydrogens (tertiary/aromatic N) is 3. The van der Waals surface area contributed by atoms with Gasteiger partial charge in [0.05, 0.1) is 0 Å². The Labute approximate surface area is 111 Å². The quantitative estimate of drug-likeness (QED) is 0.872. The SMILES string of the molecule is Cc1ccc(-c2nc(N(C)CC(=O)O)n[nH]2)cc1C. The third-order valence-electron chi connectivity index (χ3n) is 2.97. The molecule has 2 aromatic rings. The van der Waals surface area contributed by atoms with Crippen LogP contribution in [0.5, 0.6) is 0 Å². The summed E-state index contributed by atoms with van der Waals surface area (Å²) in [6.07, 6.45) is 0. The fourth-order valence-corrected chi connectivity index (χ4v) is 1.72. The van der Waals surface area contributed by atoms with Crippen LogP contribution in [0.2, 0.25) is 0 Å². The number of carboxylic acids is 1. The topological polar surface area (TPSA) is 82.1 Å². The van der Waals surface area contributed by atoms with Gasteiger partial charge in [-0.2, -0.15) is 4.98 Å². The lowest BCUT2D eigenvalue weighted by molar-refractivity contribution is -0.135. The number of hydrogen-bond donors (Lipinski definition) is 2. The van der Waals surface area contributed by atoms with Gasteiger partial charge in [0.1, 0.15) is 6.54 Å². The summed E-state index contributed by atoms with van der Waals surface area (Å²) in [5, 5.41) is 15.6. The van der Waals surface area contributed by atoms with Crippen molar-refractivity contribution in [2.75, 3.05) is 18.5 Å². The van der Waals surface area contributed by atoms with E-state index < -0.39 is 5.97 Å². The first-order valence-corrected chi connectivity index (χ1v) is 5.90. The number of carbonyl (C=O) groups is 1. The molecule has 1 heterocycles. The van der Waals surface area contributed by atoms with Gasteiger partial charge in [-0.3, -0.25) is 9.89 Å². The van der Waals surface area contributed by atoms with Gasteiger partial charge >= 0.3 is 5.97 Å². The van der Waals surface area contributed by atoms with E-state index in [9.17, 15) is 4.79 Å². The molecule has 2 N–H and O–H groups in total. The second-order valence-electron chi connectivity index (χ2n) is 4.53. The molecule has 0 atom stereocenters. The number of nitrogens with one attached hydrogen (secondary N) is 1. The zero-order chi connectivity index (χ0) is 14.0. The average molecular weight is 260 g/mol. The van der Waals surface area contributed by atoms with E-state index in [0.29, 0.717) is 11.8 Å². The minimum atomic E-state index is -0.917. The van der Waals surface area contributed by atoms with E-state index in [1.165, 1.54) is 16.0 Å². The van der Waals surface area contributed by atoms with Gasteiger partial charge in [-0.1, -0.05) is 12.1 Å². The Kier molecular flexibility index (Phi) is 3.50. The smallest absolute Gasteiger partial charge is 0.323 e. The lowest BCUT2D eigenvalue weighted by Crippen LogP contribution is -2.26. The molecule has 0 aliphatic carbocycles. The van der Waals surface area contributed by atoms with Crippen LogP contribution in [0.15, 0.2) is 18.2 Å². The van der Waals surface area contributed by atoms with Crippen LogP contribution in [0.25, 0.3) is 11.4 Å². The van der Waals surface area contributed by atoms with Crippen LogP contribution in [0.3, 0.4) is 0 Å². The standard InChI is InChI=1S/C13H16N4O2/c1-8-4-5-10(6-9(8)2)12-14-13(16-15-12)17(3)7-11(18)19/h4-6H,7H2,1-3H3,(H,18,19)(H,14,15,16). The predicted molar refractivity (Wildman–Crippen MR) is 72.2 cm³/mol. The largest absolute Gasteiger partial charge is 0.480 e. The summed E-state index contributed by atoms with van der Waals surface area (Å²) in [6, 6.07) is 6.01. The molecule has 0 aliphatic rings. The molecule has 100 valence electrons. The minimum absolute atomic E-state index is 0.135. The lowest BCUT2D eigenvalue weighted by atomic mass is 10.1. The van der Waals surface area contributed by atoms with Gasteiger partial charge in [0.2, 0.25) is 5.95 Å². The molecule has 6 heteroatoms. The molecule has 2 rings (SSSR count). The molecule has 0 amide bonds. The Hall–Kier alpha value is -2.37. The number of likely N-dealkylation sites (N-methyl/N-ethyl adjacent to an activating group) is 1. The molecule has 0 saturated heterocycles. The van der Waals surface area contributed by atoms with E-state index in [4.69, 9.17) is 5.11 Å². The Balaban J connectivity index is 2.25. The average Bonchev–Trinajstić information content (AvgIpc) is 2.81. The summed E-state index contributed by atoms with van der Waals surface area (Å²) in [4.78, 5) is 16.4. The third kappa shape index (κ3) is 2.90. The highest BCUT2D eigenvalue weighted by molar-refractivity contribution is 5.72. The monoisotopic (exact) mass is 260 g/mol. The van der Waals surface area contributed by atoms with E-state index in [2.05, 4.69) is 15.2 Å². The van der Waals surface area contributed by atoms with E-state index in [1.54, 1.807) is 7.05 Å². The summed E-state index contributed by atoms with van der Waals surface area (Å²) in [7, 11) is 1.64. The van der Waals surface area contributed by atoms with E-state index in [1.807, 2.05) is 32.0 Å². The number of aliphatic carboxylic acids is 1. The molecule has 0 aliphatic heterocycles. The van der Waals surface area contributed by atoms with Crippen LogP contribution in [-0.4, -0.2) is 39.8 Å². The first-order chi connectivity index (χ1) is 8.97. The molecule has 0 unspecified atom stereocenters. The van der Waals surface area contributed by atoms with Crippen molar-refractivity contribution < 1.29 is 9.90 Å². The lowest BCUT2D eigenvalue weighted by Gasteiger charge is -2.10. The summed E-state index contributed by atoms with van der Waals surface area (Å²) < 4.78 is 0. The van der Waals surface area contributed by atoms with Crippen molar-refractivity contribution >= 4 is 11.9 Å². The number of aromatic nitrogens is 3. The number of H-pyrrole nitrogens is 1. The van der Waals surface area contributed by atoms with Gasteiger partial charge in [-0.05, 0) is 31.0 Å². The summed E-state index contributed by atoms with van der Waals surface area (Å²) in [6.45, 7) is 3.95. The first-order valence-electron chi connectivity index (χ1n) is 5.90. The van der Waals surface area contributed by atoms with Crippen LogP contribution >= 0.6 is 0 Å². The van der Waals surface area contributed by atoms with Gasteiger partial charge in [0, 0.05) is 12.6 Å². The van der Waals surface area contributed by atoms with Crippen molar-refractivity contribution in [2.45, 2.75) is 13.8 Å². The molecule has 1 aromatic carbocycles. The van der Waals surface area contributed by atoms with Gasteiger partial charge < -0.3 is 10.0 Å². The molecule has 0 radical (unpaired) electrons. The first kappa shape index (κ1) is 13.1. The van der Waals surface area contributed by atoms with E-state index in [0.717, 1.165) is 5.56 Å². The highest BCUT2D eigenvalue weighted by Gasteiger charge is 2.12. The van der Waals surface area contributed by atoms with Gasteiger partial charge in [-0.25, -0.2) is 0 Å². The number of aryl methyl sites for hydroxylation is 2. The molecule has 19 heavy (non-hydrogen) atoms. The van der Waals surface area contributed by atoms with Crippen LogP contribution in [-0.2, 0) is 4.79 Å². The highest BCUT2D eigenvalue weighted by atomic mass is 16.4. The van der Waals surface area contributed by atoms with Crippen molar-refractivity contribution in [3.63, 3.8) is 0 Å². The zero-order valence-electron chi connectivity index (χ0n) is 11.1. The van der Waals surface area contributed by atoms with Gasteiger partial charge in [0.15, 0.2) is 5.82 Å². The molecule has 0 spiro atoms. The molecule has 0 fully saturated rings. The highest BCUT2D eigenvalue weighted by Crippen LogP contribution is 2.20.